The average Bonchev–Trinajstić information content (AvgIpc) is 2.61. The number of halogens is 1. The van der Waals surface area contributed by atoms with Crippen LogP contribution in [0.1, 0.15) is 39.1 Å². The van der Waals surface area contributed by atoms with Crippen LogP contribution in [-0.2, 0) is 13.0 Å². The van der Waals surface area contributed by atoms with Crippen LogP contribution in [0.3, 0.4) is 0 Å². The largest absolute Gasteiger partial charge is 0.271 e. The van der Waals surface area contributed by atoms with Crippen LogP contribution in [0.5, 0.6) is 0 Å². The van der Waals surface area contributed by atoms with Crippen molar-refractivity contribution >= 4 is 11.6 Å². The number of aryl methyl sites for hydroxylation is 2. The van der Waals surface area contributed by atoms with Crippen LogP contribution in [0, 0.1) is 18.8 Å². The third-order valence-corrected chi connectivity index (χ3v) is 4.26. The molecule has 0 saturated carbocycles. The van der Waals surface area contributed by atoms with Gasteiger partial charge in [-0.1, -0.05) is 32.4 Å². The molecule has 104 valence electrons. The van der Waals surface area contributed by atoms with Gasteiger partial charge >= 0.3 is 0 Å². The highest BCUT2D eigenvalue weighted by Crippen LogP contribution is 2.24. The third-order valence-electron chi connectivity index (χ3n) is 3.77. The molecule has 0 aliphatic carbocycles. The Morgan fingerprint density at radius 1 is 1.39 bits per heavy atom. The van der Waals surface area contributed by atoms with Gasteiger partial charge in [0.1, 0.15) is 0 Å². The van der Waals surface area contributed by atoms with Gasteiger partial charge in [-0.2, -0.15) is 5.10 Å². The van der Waals surface area contributed by atoms with Crippen molar-refractivity contribution < 1.29 is 0 Å². The van der Waals surface area contributed by atoms with Crippen LogP contribution >= 0.6 is 11.6 Å². The summed E-state index contributed by atoms with van der Waals surface area (Å²) in [6.07, 6.45) is 0.809. The first kappa shape index (κ1) is 15.5. The fourth-order valence-corrected chi connectivity index (χ4v) is 2.35. The first-order valence-electron chi connectivity index (χ1n) is 6.60. The van der Waals surface area contributed by atoms with Crippen molar-refractivity contribution in [3.05, 3.63) is 16.4 Å². The Hall–Kier alpha value is -0.580. The molecule has 1 aromatic rings. The second-order valence-corrected chi connectivity index (χ2v) is 5.62. The zero-order valence-electron chi connectivity index (χ0n) is 12.0. The molecule has 0 radical (unpaired) electrons. The number of aromatic nitrogens is 2. The molecular formula is C13H25ClN4. The molecule has 2 atom stereocenters. The molecule has 5 heteroatoms. The van der Waals surface area contributed by atoms with Crippen LogP contribution in [0.15, 0.2) is 0 Å². The van der Waals surface area contributed by atoms with Gasteiger partial charge < -0.3 is 0 Å². The van der Waals surface area contributed by atoms with E-state index in [2.05, 4.69) is 38.2 Å². The highest BCUT2D eigenvalue weighted by molar-refractivity contribution is 6.31. The van der Waals surface area contributed by atoms with E-state index in [1.807, 2.05) is 11.6 Å². The number of nitrogens with two attached hydrogens (primary N) is 1. The maximum Gasteiger partial charge on any atom is 0.0847 e. The van der Waals surface area contributed by atoms with Gasteiger partial charge in [-0.15, -0.1) is 0 Å². The lowest BCUT2D eigenvalue weighted by atomic mass is 9.88. The van der Waals surface area contributed by atoms with Gasteiger partial charge in [0, 0.05) is 19.0 Å². The van der Waals surface area contributed by atoms with E-state index >= 15 is 0 Å². The molecule has 1 aromatic heterocycles. The van der Waals surface area contributed by atoms with E-state index < -0.39 is 0 Å². The maximum absolute atomic E-state index is 6.33. The first-order valence-corrected chi connectivity index (χ1v) is 6.98. The molecule has 0 aliphatic rings. The second kappa shape index (κ2) is 6.55. The summed E-state index contributed by atoms with van der Waals surface area (Å²) >= 11 is 6.33. The Balaban J connectivity index is 2.94. The lowest BCUT2D eigenvalue weighted by Crippen LogP contribution is -2.43. The second-order valence-electron chi connectivity index (χ2n) is 5.24. The molecule has 3 N–H and O–H groups in total. The summed E-state index contributed by atoms with van der Waals surface area (Å²) < 4.78 is 1.97. The van der Waals surface area contributed by atoms with Crippen LogP contribution in [0.4, 0.5) is 0 Å². The molecule has 1 rings (SSSR count). The number of nitrogens with one attached hydrogen (secondary N) is 1. The average molecular weight is 273 g/mol. The molecular weight excluding hydrogens is 248 g/mol. The molecule has 18 heavy (non-hydrogen) atoms. The van der Waals surface area contributed by atoms with Crippen molar-refractivity contribution in [2.75, 3.05) is 0 Å². The molecule has 0 fully saturated rings. The van der Waals surface area contributed by atoms with Crippen LogP contribution in [0.25, 0.3) is 0 Å². The van der Waals surface area contributed by atoms with Gasteiger partial charge in [0.05, 0.1) is 16.4 Å². The van der Waals surface area contributed by atoms with Crippen LogP contribution in [-0.4, -0.2) is 15.8 Å². The Kier molecular flexibility index (Phi) is 5.63. The van der Waals surface area contributed by atoms with Gasteiger partial charge in [-0.25, -0.2) is 0 Å². The van der Waals surface area contributed by atoms with E-state index in [0.29, 0.717) is 11.8 Å². The Morgan fingerprint density at radius 2 is 2.00 bits per heavy atom. The number of hydrazine groups is 1. The molecule has 2 unspecified atom stereocenters. The third kappa shape index (κ3) is 3.25. The summed E-state index contributed by atoms with van der Waals surface area (Å²) in [6, 6.07) is 0.212. The first-order chi connectivity index (χ1) is 8.42. The lowest BCUT2D eigenvalue weighted by Gasteiger charge is -2.26. The summed E-state index contributed by atoms with van der Waals surface area (Å²) in [4.78, 5) is 0. The SMILES string of the molecule is CCn1nc(C)c(Cl)c1CC(NN)C(C)C(C)C. The van der Waals surface area contributed by atoms with Crippen molar-refractivity contribution in [1.29, 1.82) is 0 Å². The quantitative estimate of drug-likeness (QED) is 0.618. The minimum Gasteiger partial charge on any atom is -0.271 e. The number of nitrogens with zero attached hydrogens (tertiary/aromatic N) is 2. The zero-order chi connectivity index (χ0) is 13.9. The van der Waals surface area contributed by atoms with Gasteiger partial charge in [0.2, 0.25) is 0 Å². The summed E-state index contributed by atoms with van der Waals surface area (Å²) in [7, 11) is 0. The fraction of sp³-hybridized carbons (Fsp3) is 0.769. The Labute approximate surface area is 115 Å². The molecule has 0 spiro atoms. The van der Waals surface area contributed by atoms with E-state index in [0.717, 1.165) is 29.4 Å². The van der Waals surface area contributed by atoms with Crippen LogP contribution in [0.2, 0.25) is 5.02 Å². The summed E-state index contributed by atoms with van der Waals surface area (Å²) in [5.74, 6) is 6.74. The predicted molar refractivity (Wildman–Crippen MR) is 76.5 cm³/mol. The summed E-state index contributed by atoms with van der Waals surface area (Å²) in [5.41, 5.74) is 4.89. The van der Waals surface area contributed by atoms with Crippen molar-refractivity contribution in [2.24, 2.45) is 17.7 Å². The lowest BCUT2D eigenvalue weighted by molar-refractivity contribution is 0.295. The van der Waals surface area contributed by atoms with E-state index in [-0.39, 0.29) is 6.04 Å². The molecule has 0 aromatic carbocycles. The van der Waals surface area contributed by atoms with Crippen LogP contribution < -0.4 is 11.3 Å². The minimum atomic E-state index is 0.212. The normalized spacial score (nSPS) is 15.1. The molecule has 0 amide bonds. The molecule has 4 nitrogen and oxygen atoms in total. The summed E-state index contributed by atoms with van der Waals surface area (Å²) in [5, 5.41) is 5.21. The van der Waals surface area contributed by atoms with E-state index in [1.54, 1.807) is 0 Å². The van der Waals surface area contributed by atoms with E-state index in [4.69, 9.17) is 17.4 Å². The Bertz CT molecular complexity index is 387. The van der Waals surface area contributed by atoms with Gasteiger partial charge in [-0.05, 0) is 25.7 Å². The van der Waals surface area contributed by atoms with E-state index in [9.17, 15) is 0 Å². The molecule has 1 heterocycles. The summed E-state index contributed by atoms with van der Waals surface area (Å²) in [6.45, 7) is 11.5. The fourth-order valence-electron chi connectivity index (χ4n) is 2.13. The standard InChI is InChI=1S/C13H25ClN4/c1-6-18-12(13(14)10(5)17-18)7-11(16-15)9(4)8(2)3/h8-9,11,16H,6-7,15H2,1-5H3. The van der Waals surface area contributed by atoms with Crippen molar-refractivity contribution in [3.63, 3.8) is 0 Å². The van der Waals surface area contributed by atoms with Gasteiger partial charge in [-0.3, -0.25) is 16.0 Å². The van der Waals surface area contributed by atoms with Crippen molar-refractivity contribution in [1.82, 2.24) is 15.2 Å². The number of hydrogen-bond acceptors (Lipinski definition) is 3. The van der Waals surface area contributed by atoms with Crippen molar-refractivity contribution in [3.8, 4) is 0 Å². The van der Waals surface area contributed by atoms with Gasteiger partial charge in [0.15, 0.2) is 0 Å². The minimum absolute atomic E-state index is 0.212. The topological polar surface area (TPSA) is 55.9 Å². The molecule has 0 aliphatic heterocycles. The molecule has 0 saturated heterocycles. The van der Waals surface area contributed by atoms with Crippen molar-refractivity contribution in [2.45, 2.75) is 53.6 Å². The predicted octanol–water partition coefficient (Wildman–Crippen LogP) is 2.53. The number of rotatable bonds is 6. The number of hydrogen-bond donors (Lipinski definition) is 2. The smallest absolute Gasteiger partial charge is 0.0847 e. The zero-order valence-corrected chi connectivity index (χ0v) is 12.8. The maximum atomic E-state index is 6.33. The van der Waals surface area contributed by atoms with Gasteiger partial charge in [0.25, 0.3) is 0 Å². The van der Waals surface area contributed by atoms with E-state index in [1.165, 1.54) is 0 Å². The molecule has 0 bridgehead atoms. The monoisotopic (exact) mass is 272 g/mol. The highest BCUT2D eigenvalue weighted by atomic mass is 35.5. The Morgan fingerprint density at radius 3 is 2.44 bits per heavy atom. The highest BCUT2D eigenvalue weighted by Gasteiger charge is 2.23.